The number of nitro groups is 2. The number of nitrogens with zero attached hydrogens (tertiary/aromatic N) is 3. The fourth-order valence-corrected chi connectivity index (χ4v) is 3.13. The van der Waals surface area contributed by atoms with E-state index in [4.69, 9.17) is 0 Å². The molecule has 0 aromatic heterocycles. The molecule has 0 aliphatic heterocycles. The Morgan fingerprint density at radius 3 is 2.32 bits per heavy atom. The number of benzene rings is 2. The number of rotatable bonds is 6. The molecule has 1 saturated carbocycles. The van der Waals surface area contributed by atoms with Crippen molar-refractivity contribution in [3.05, 3.63) is 86.0 Å². The van der Waals surface area contributed by atoms with Gasteiger partial charge in [0, 0.05) is 11.6 Å². The summed E-state index contributed by atoms with van der Waals surface area (Å²) in [7, 11) is 0. The Morgan fingerprint density at radius 2 is 1.68 bits per heavy atom. The Kier molecular flexibility index (Phi) is 6.11. The second kappa shape index (κ2) is 8.90. The lowest BCUT2D eigenvalue weighted by Gasteiger charge is -2.14. The maximum atomic E-state index is 11.3. The maximum Gasteiger partial charge on any atom is 0.301 e. The molecule has 0 radical (unpaired) electrons. The summed E-state index contributed by atoms with van der Waals surface area (Å²) >= 11 is 0. The number of hydrogen-bond acceptors (Lipinski definition) is 6. The van der Waals surface area contributed by atoms with Gasteiger partial charge in [-0.3, -0.25) is 25.7 Å². The summed E-state index contributed by atoms with van der Waals surface area (Å²) in [5.41, 5.74) is 4.96. The Labute approximate surface area is 161 Å². The van der Waals surface area contributed by atoms with Gasteiger partial charge in [0.15, 0.2) is 0 Å². The quantitative estimate of drug-likeness (QED) is 0.420. The van der Waals surface area contributed by atoms with E-state index in [9.17, 15) is 20.2 Å². The number of anilines is 1. The van der Waals surface area contributed by atoms with Gasteiger partial charge in [-0.2, -0.15) is 5.10 Å². The Bertz CT molecular complexity index is 930. The van der Waals surface area contributed by atoms with Crippen LogP contribution in [0.2, 0.25) is 0 Å². The van der Waals surface area contributed by atoms with Crippen LogP contribution in [0.4, 0.5) is 17.1 Å². The van der Waals surface area contributed by atoms with Crippen molar-refractivity contribution in [1.29, 1.82) is 0 Å². The predicted octanol–water partition coefficient (Wildman–Crippen LogP) is 5.21. The highest BCUT2D eigenvalue weighted by Crippen LogP contribution is 2.29. The minimum Gasteiger partial charge on any atom is -0.271 e. The van der Waals surface area contributed by atoms with Crippen LogP contribution in [0.3, 0.4) is 0 Å². The number of hydrogen-bond donors (Lipinski definition) is 1. The second-order valence-electron chi connectivity index (χ2n) is 6.55. The molecule has 3 rings (SSSR count). The van der Waals surface area contributed by atoms with Crippen LogP contribution >= 0.6 is 0 Å². The van der Waals surface area contributed by atoms with E-state index in [1.54, 1.807) is 0 Å². The molecule has 0 heterocycles. The third-order valence-corrected chi connectivity index (χ3v) is 4.59. The first-order valence-electron chi connectivity index (χ1n) is 9.06. The van der Waals surface area contributed by atoms with E-state index < -0.39 is 15.5 Å². The zero-order valence-electron chi connectivity index (χ0n) is 15.2. The molecule has 0 atom stereocenters. The maximum absolute atomic E-state index is 11.3. The van der Waals surface area contributed by atoms with Gasteiger partial charge in [0.2, 0.25) is 0 Å². The van der Waals surface area contributed by atoms with E-state index in [1.165, 1.54) is 24.1 Å². The molecule has 2 aromatic carbocycles. The molecule has 0 bridgehead atoms. The molecule has 8 nitrogen and oxygen atoms in total. The molecule has 0 spiro atoms. The summed E-state index contributed by atoms with van der Waals surface area (Å²) in [6, 6.07) is 13.0. The molecule has 0 amide bonds. The van der Waals surface area contributed by atoms with Gasteiger partial charge in [0.05, 0.1) is 21.6 Å². The van der Waals surface area contributed by atoms with Gasteiger partial charge in [-0.05, 0) is 37.8 Å². The van der Waals surface area contributed by atoms with Gasteiger partial charge in [-0.15, -0.1) is 0 Å². The van der Waals surface area contributed by atoms with Crippen LogP contribution in [0.25, 0.3) is 0 Å². The van der Waals surface area contributed by atoms with E-state index in [0.29, 0.717) is 5.71 Å². The van der Waals surface area contributed by atoms with Gasteiger partial charge >= 0.3 is 5.69 Å². The minimum atomic E-state index is -0.664. The lowest BCUT2D eigenvalue weighted by Crippen LogP contribution is -2.06. The van der Waals surface area contributed by atoms with Crippen molar-refractivity contribution in [2.24, 2.45) is 5.10 Å². The first kappa shape index (κ1) is 19.2. The highest BCUT2D eigenvalue weighted by molar-refractivity contribution is 6.09. The summed E-state index contributed by atoms with van der Waals surface area (Å²) < 4.78 is 0. The minimum absolute atomic E-state index is 0.103. The average molecular weight is 380 g/mol. The number of allylic oxidation sites excluding steroid dienone is 2. The summed E-state index contributed by atoms with van der Waals surface area (Å²) in [4.78, 5) is 20.9. The number of hydrazone groups is 1. The van der Waals surface area contributed by atoms with Crippen LogP contribution in [-0.2, 0) is 0 Å². The molecule has 1 aliphatic rings. The summed E-state index contributed by atoms with van der Waals surface area (Å²) in [5, 5.41) is 26.6. The lowest BCUT2D eigenvalue weighted by molar-refractivity contribution is -0.393. The fraction of sp³-hybridized carbons (Fsp3) is 0.250. The van der Waals surface area contributed by atoms with Crippen LogP contribution in [0, 0.1) is 20.2 Å². The van der Waals surface area contributed by atoms with Crippen molar-refractivity contribution in [3.63, 3.8) is 0 Å². The smallest absolute Gasteiger partial charge is 0.271 e. The molecule has 1 fully saturated rings. The molecular weight excluding hydrogens is 360 g/mol. The van der Waals surface area contributed by atoms with E-state index in [1.807, 2.05) is 36.4 Å². The highest BCUT2D eigenvalue weighted by atomic mass is 16.6. The third-order valence-electron chi connectivity index (χ3n) is 4.59. The van der Waals surface area contributed by atoms with Gasteiger partial charge in [0.25, 0.3) is 5.69 Å². The number of non-ortho nitro benzene ring substituents is 1. The summed E-state index contributed by atoms with van der Waals surface area (Å²) in [6.07, 6.45) is 7.58. The zero-order chi connectivity index (χ0) is 19.9. The molecule has 1 N–H and O–H groups in total. The van der Waals surface area contributed by atoms with Crippen molar-refractivity contribution in [2.75, 3.05) is 5.43 Å². The number of nitrogens with one attached hydrogen (secondary N) is 1. The van der Waals surface area contributed by atoms with Crippen LogP contribution in [0.5, 0.6) is 0 Å². The highest BCUT2D eigenvalue weighted by Gasteiger charge is 2.19. The molecule has 144 valence electrons. The van der Waals surface area contributed by atoms with Crippen molar-refractivity contribution >= 4 is 22.8 Å². The average Bonchev–Trinajstić information content (AvgIpc) is 2.72. The van der Waals surface area contributed by atoms with Crippen LogP contribution in [-0.4, -0.2) is 15.6 Å². The van der Waals surface area contributed by atoms with Crippen LogP contribution in [0.1, 0.15) is 37.7 Å². The van der Waals surface area contributed by atoms with E-state index in [2.05, 4.69) is 10.5 Å². The zero-order valence-corrected chi connectivity index (χ0v) is 15.2. The van der Waals surface area contributed by atoms with Gasteiger partial charge in [-0.25, -0.2) is 0 Å². The van der Waals surface area contributed by atoms with Gasteiger partial charge < -0.3 is 0 Å². The topological polar surface area (TPSA) is 111 Å². The molecular formula is C20H20N4O4. The standard InChI is InChI=1S/C20H20N4O4/c25-23(26)17-11-12-18(20(14-17)24(27)28)21-22-19(16-9-5-2-6-10-16)13-15-7-3-1-4-8-15/h2,5-6,9-14,21H,1,3-4,7-8H2/b22-19+. The Balaban J connectivity index is 1.95. The Morgan fingerprint density at radius 1 is 0.964 bits per heavy atom. The molecule has 28 heavy (non-hydrogen) atoms. The monoisotopic (exact) mass is 380 g/mol. The molecule has 1 aliphatic carbocycles. The molecule has 2 aromatic rings. The normalized spacial score (nSPS) is 14.4. The van der Waals surface area contributed by atoms with Crippen molar-refractivity contribution in [2.45, 2.75) is 32.1 Å². The summed E-state index contributed by atoms with van der Waals surface area (Å²) in [6.45, 7) is 0. The summed E-state index contributed by atoms with van der Waals surface area (Å²) in [5.74, 6) is 0. The third kappa shape index (κ3) is 4.79. The molecule has 0 unspecified atom stereocenters. The van der Waals surface area contributed by atoms with E-state index in [-0.39, 0.29) is 11.4 Å². The van der Waals surface area contributed by atoms with Crippen LogP contribution < -0.4 is 5.43 Å². The van der Waals surface area contributed by atoms with Crippen LogP contribution in [0.15, 0.2) is 65.3 Å². The molecule has 8 heteroatoms. The first-order chi connectivity index (χ1) is 13.5. The second-order valence-corrected chi connectivity index (χ2v) is 6.55. The SMILES string of the molecule is O=[N+]([O-])c1ccc(N/N=C(\C=C2CCCCC2)c2ccccc2)c([N+](=O)[O-])c1. The molecule has 0 saturated heterocycles. The fourth-order valence-electron chi connectivity index (χ4n) is 3.13. The Hall–Kier alpha value is -3.55. The largest absolute Gasteiger partial charge is 0.301 e. The van der Waals surface area contributed by atoms with E-state index in [0.717, 1.165) is 37.3 Å². The van der Waals surface area contributed by atoms with Crippen molar-refractivity contribution in [3.8, 4) is 0 Å². The first-order valence-corrected chi connectivity index (χ1v) is 9.06. The van der Waals surface area contributed by atoms with Gasteiger partial charge in [0.1, 0.15) is 5.69 Å². The predicted molar refractivity (Wildman–Crippen MR) is 108 cm³/mol. The number of nitro benzene ring substituents is 2. The van der Waals surface area contributed by atoms with Crippen molar-refractivity contribution in [1.82, 2.24) is 0 Å². The lowest BCUT2D eigenvalue weighted by atomic mass is 9.93. The van der Waals surface area contributed by atoms with Crippen molar-refractivity contribution < 1.29 is 9.85 Å². The van der Waals surface area contributed by atoms with E-state index >= 15 is 0 Å². The van der Waals surface area contributed by atoms with Gasteiger partial charge in [-0.1, -0.05) is 42.3 Å².